The molecule has 1 aliphatic heterocycles. The number of hydrogen-bond acceptors (Lipinski definition) is 3. The van der Waals surface area contributed by atoms with Crippen LogP contribution in [0.4, 0.5) is 0 Å². The average Bonchev–Trinajstić information content (AvgIpc) is 2.76. The molecule has 0 fully saturated rings. The molecule has 1 aliphatic rings. The highest BCUT2D eigenvalue weighted by molar-refractivity contribution is 4.96. The predicted octanol–water partition coefficient (Wildman–Crippen LogP) is 0.310. The van der Waals surface area contributed by atoms with Crippen LogP contribution < -0.4 is 5.32 Å². The van der Waals surface area contributed by atoms with Crippen molar-refractivity contribution in [3.05, 3.63) is 18.2 Å². The minimum absolute atomic E-state index is 0.499. The Labute approximate surface area is 96.7 Å². The van der Waals surface area contributed by atoms with E-state index in [2.05, 4.69) is 32.6 Å². The molecular formula is C12H18N4. The van der Waals surface area contributed by atoms with Crippen molar-refractivity contribution in [3.8, 4) is 12.3 Å². The maximum Gasteiger partial charge on any atom is 0.122 e. The SMILES string of the molecule is C#CCNCC(C)N1CCn2ccnc2C1. The van der Waals surface area contributed by atoms with Gasteiger partial charge in [0.15, 0.2) is 0 Å². The minimum atomic E-state index is 0.499. The first kappa shape index (κ1) is 11.2. The molecule has 4 heteroatoms. The quantitative estimate of drug-likeness (QED) is 0.583. The predicted molar refractivity (Wildman–Crippen MR) is 63.8 cm³/mol. The summed E-state index contributed by atoms with van der Waals surface area (Å²) in [4.78, 5) is 6.79. The molecule has 1 unspecified atom stereocenters. The maximum absolute atomic E-state index is 5.20. The highest BCUT2D eigenvalue weighted by Gasteiger charge is 2.20. The van der Waals surface area contributed by atoms with Gasteiger partial charge in [-0.15, -0.1) is 6.42 Å². The van der Waals surface area contributed by atoms with Crippen molar-refractivity contribution in [3.63, 3.8) is 0 Å². The number of rotatable bonds is 4. The number of terminal acetylenes is 1. The number of nitrogens with zero attached hydrogens (tertiary/aromatic N) is 3. The minimum Gasteiger partial charge on any atom is -0.333 e. The van der Waals surface area contributed by atoms with E-state index in [0.717, 1.165) is 32.0 Å². The van der Waals surface area contributed by atoms with Crippen molar-refractivity contribution in [2.24, 2.45) is 0 Å². The van der Waals surface area contributed by atoms with Crippen LogP contribution in [0.5, 0.6) is 0 Å². The standard InChI is InChI=1S/C12H18N4/c1-3-4-13-9-11(2)16-8-7-15-6-5-14-12(15)10-16/h1,5-6,11,13H,4,7-10H2,2H3. The Balaban J connectivity index is 1.86. The summed E-state index contributed by atoms with van der Waals surface area (Å²) < 4.78 is 2.22. The summed E-state index contributed by atoms with van der Waals surface area (Å²) in [6.07, 6.45) is 9.13. The summed E-state index contributed by atoms with van der Waals surface area (Å²) in [5.41, 5.74) is 0. The molecule has 0 radical (unpaired) electrons. The zero-order valence-corrected chi connectivity index (χ0v) is 9.69. The average molecular weight is 218 g/mol. The number of nitrogens with one attached hydrogen (secondary N) is 1. The van der Waals surface area contributed by atoms with Crippen molar-refractivity contribution in [1.82, 2.24) is 19.8 Å². The van der Waals surface area contributed by atoms with Gasteiger partial charge in [-0.25, -0.2) is 4.98 Å². The molecule has 4 nitrogen and oxygen atoms in total. The molecule has 16 heavy (non-hydrogen) atoms. The van der Waals surface area contributed by atoms with Gasteiger partial charge < -0.3 is 9.88 Å². The summed E-state index contributed by atoms with van der Waals surface area (Å²) in [5.74, 6) is 3.75. The number of imidazole rings is 1. The van der Waals surface area contributed by atoms with Gasteiger partial charge in [-0.2, -0.15) is 0 Å². The summed E-state index contributed by atoms with van der Waals surface area (Å²) >= 11 is 0. The molecule has 0 saturated carbocycles. The van der Waals surface area contributed by atoms with Gasteiger partial charge in [0.05, 0.1) is 13.1 Å². The molecule has 2 rings (SSSR count). The number of hydrogen-bond donors (Lipinski definition) is 1. The van der Waals surface area contributed by atoms with E-state index in [4.69, 9.17) is 6.42 Å². The molecule has 1 atom stereocenters. The van der Waals surface area contributed by atoms with Crippen molar-refractivity contribution < 1.29 is 0 Å². The largest absolute Gasteiger partial charge is 0.333 e. The second-order valence-electron chi connectivity index (χ2n) is 4.19. The van der Waals surface area contributed by atoms with Gasteiger partial charge in [-0.05, 0) is 6.92 Å². The summed E-state index contributed by atoms with van der Waals surface area (Å²) in [5, 5.41) is 3.24. The molecule has 2 heterocycles. The molecule has 1 N–H and O–H groups in total. The van der Waals surface area contributed by atoms with Crippen LogP contribution in [-0.2, 0) is 13.1 Å². The molecule has 86 valence electrons. The number of aromatic nitrogens is 2. The van der Waals surface area contributed by atoms with E-state index in [1.54, 1.807) is 0 Å². The molecule has 0 bridgehead atoms. The monoisotopic (exact) mass is 218 g/mol. The van der Waals surface area contributed by atoms with Crippen LogP contribution in [0.2, 0.25) is 0 Å². The van der Waals surface area contributed by atoms with Crippen LogP contribution in [-0.4, -0.2) is 40.1 Å². The summed E-state index contributed by atoms with van der Waals surface area (Å²) in [7, 11) is 0. The van der Waals surface area contributed by atoms with Crippen LogP contribution in [0.25, 0.3) is 0 Å². The lowest BCUT2D eigenvalue weighted by atomic mass is 10.2. The van der Waals surface area contributed by atoms with E-state index < -0.39 is 0 Å². The molecule has 1 aromatic heterocycles. The first-order valence-corrected chi connectivity index (χ1v) is 5.69. The zero-order chi connectivity index (χ0) is 11.4. The van der Waals surface area contributed by atoms with E-state index in [9.17, 15) is 0 Å². The van der Waals surface area contributed by atoms with Crippen LogP contribution >= 0.6 is 0 Å². The van der Waals surface area contributed by atoms with Gasteiger partial charge in [0.1, 0.15) is 5.82 Å². The third kappa shape index (κ3) is 2.43. The van der Waals surface area contributed by atoms with Gasteiger partial charge in [0.25, 0.3) is 0 Å². The Bertz CT molecular complexity index is 377. The van der Waals surface area contributed by atoms with Gasteiger partial charge in [-0.3, -0.25) is 4.90 Å². The highest BCUT2D eigenvalue weighted by atomic mass is 15.3. The van der Waals surface area contributed by atoms with Crippen LogP contribution in [0.3, 0.4) is 0 Å². The van der Waals surface area contributed by atoms with Crippen molar-refractivity contribution in [2.45, 2.75) is 26.1 Å². The smallest absolute Gasteiger partial charge is 0.122 e. The second-order valence-corrected chi connectivity index (χ2v) is 4.19. The topological polar surface area (TPSA) is 33.1 Å². The maximum atomic E-state index is 5.20. The lowest BCUT2D eigenvalue weighted by Gasteiger charge is -2.32. The molecule has 1 aromatic rings. The first-order valence-electron chi connectivity index (χ1n) is 5.69. The molecule has 0 spiro atoms. The van der Waals surface area contributed by atoms with Crippen molar-refractivity contribution in [1.29, 1.82) is 0 Å². The van der Waals surface area contributed by atoms with E-state index >= 15 is 0 Å². The summed E-state index contributed by atoms with van der Waals surface area (Å²) in [6, 6.07) is 0.499. The fraction of sp³-hybridized carbons (Fsp3) is 0.583. The van der Waals surface area contributed by atoms with Crippen LogP contribution in [0.1, 0.15) is 12.7 Å². The fourth-order valence-corrected chi connectivity index (χ4v) is 2.05. The van der Waals surface area contributed by atoms with Gasteiger partial charge >= 0.3 is 0 Å². The Hall–Kier alpha value is -1.31. The van der Waals surface area contributed by atoms with E-state index in [1.807, 2.05) is 12.4 Å². The lowest BCUT2D eigenvalue weighted by Crippen LogP contribution is -2.44. The van der Waals surface area contributed by atoms with E-state index in [1.165, 1.54) is 0 Å². The van der Waals surface area contributed by atoms with Gasteiger partial charge in [-0.1, -0.05) is 5.92 Å². The Morgan fingerprint density at radius 2 is 2.50 bits per heavy atom. The van der Waals surface area contributed by atoms with Crippen LogP contribution in [0, 0.1) is 12.3 Å². The highest BCUT2D eigenvalue weighted by Crippen LogP contribution is 2.12. The van der Waals surface area contributed by atoms with Crippen LogP contribution in [0.15, 0.2) is 12.4 Å². The van der Waals surface area contributed by atoms with Gasteiger partial charge in [0, 0.05) is 38.1 Å². The molecule has 0 amide bonds. The molecular weight excluding hydrogens is 200 g/mol. The molecule has 0 saturated heterocycles. The Morgan fingerprint density at radius 3 is 3.31 bits per heavy atom. The van der Waals surface area contributed by atoms with E-state index in [0.29, 0.717) is 12.6 Å². The Morgan fingerprint density at radius 1 is 1.62 bits per heavy atom. The Kier molecular flexibility index (Phi) is 3.60. The normalized spacial score (nSPS) is 17.8. The van der Waals surface area contributed by atoms with Crippen molar-refractivity contribution >= 4 is 0 Å². The van der Waals surface area contributed by atoms with E-state index in [-0.39, 0.29) is 0 Å². The number of fused-ring (bicyclic) bond motifs is 1. The zero-order valence-electron chi connectivity index (χ0n) is 9.69. The molecule has 0 aromatic carbocycles. The third-order valence-electron chi connectivity index (χ3n) is 3.06. The lowest BCUT2D eigenvalue weighted by molar-refractivity contribution is 0.161. The first-order chi connectivity index (χ1) is 7.81. The van der Waals surface area contributed by atoms with Crippen molar-refractivity contribution in [2.75, 3.05) is 19.6 Å². The second kappa shape index (κ2) is 5.15. The molecule has 0 aliphatic carbocycles. The van der Waals surface area contributed by atoms with Gasteiger partial charge in [0.2, 0.25) is 0 Å². The summed E-state index contributed by atoms with van der Waals surface area (Å²) in [6.45, 7) is 6.86. The fourth-order valence-electron chi connectivity index (χ4n) is 2.05. The third-order valence-corrected chi connectivity index (χ3v) is 3.06.